The van der Waals surface area contributed by atoms with E-state index in [1.54, 1.807) is 5.38 Å². The largest absolute Gasteiger partial charge is 0.478 e. The monoisotopic (exact) mass is 283 g/mol. The van der Waals surface area contributed by atoms with Crippen LogP contribution in [0.25, 0.3) is 0 Å². The van der Waals surface area contributed by atoms with Crippen LogP contribution in [0.15, 0.2) is 11.4 Å². The van der Waals surface area contributed by atoms with Crippen LogP contribution in [0, 0.1) is 11.3 Å². The van der Waals surface area contributed by atoms with Gasteiger partial charge in [-0.05, 0) is 29.2 Å². The number of carboxylic acid groups (broad SMARTS) is 1. The Labute approximate surface area is 117 Å². The molecule has 0 bridgehead atoms. The lowest BCUT2D eigenvalue weighted by molar-refractivity contribution is -0.117. The van der Waals surface area contributed by atoms with Gasteiger partial charge in [-0.2, -0.15) is 0 Å². The summed E-state index contributed by atoms with van der Waals surface area (Å²) in [6.45, 7) is 8.47. The number of thiophene rings is 1. The van der Waals surface area contributed by atoms with Crippen molar-refractivity contribution >= 4 is 28.2 Å². The van der Waals surface area contributed by atoms with E-state index in [1.165, 1.54) is 17.4 Å². The van der Waals surface area contributed by atoms with Crippen LogP contribution < -0.4 is 5.32 Å². The quantitative estimate of drug-likeness (QED) is 0.862. The van der Waals surface area contributed by atoms with Crippen molar-refractivity contribution in [2.45, 2.75) is 40.5 Å². The Bertz CT molecular complexity index is 460. The number of anilines is 1. The van der Waals surface area contributed by atoms with E-state index in [9.17, 15) is 9.59 Å². The number of carboxylic acids is 1. The van der Waals surface area contributed by atoms with Gasteiger partial charge >= 0.3 is 5.97 Å². The van der Waals surface area contributed by atoms with Gasteiger partial charge in [-0.15, -0.1) is 11.3 Å². The average molecular weight is 283 g/mol. The van der Waals surface area contributed by atoms with Gasteiger partial charge < -0.3 is 10.4 Å². The van der Waals surface area contributed by atoms with Crippen molar-refractivity contribution in [3.8, 4) is 0 Å². The molecule has 5 heteroatoms. The third kappa shape index (κ3) is 5.42. The van der Waals surface area contributed by atoms with Crippen molar-refractivity contribution in [1.82, 2.24) is 0 Å². The number of nitrogens with one attached hydrogen (secondary N) is 1. The number of rotatable bonds is 5. The Morgan fingerprint density at radius 3 is 2.58 bits per heavy atom. The smallest absolute Gasteiger partial charge is 0.338 e. The fourth-order valence-electron chi connectivity index (χ4n) is 2.19. The van der Waals surface area contributed by atoms with Gasteiger partial charge in [0, 0.05) is 6.42 Å². The molecule has 1 aromatic heterocycles. The molecule has 1 rings (SSSR count). The van der Waals surface area contributed by atoms with E-state index in [1.807, 2.05) is 6.92 Å². The van der Waals surface area contributed by atoms with Crippen LogP contribution in [0.3, 0.4) is 0 Å². The van der Waals surface area contributed by atoms with Crippen LogP contribution in [-0.4, -0.2) is 17.0 Å². The summed E-state index contributed by atoms with van der Waals surface area (Å²) in [7, 11) is 0. The molecule has 1 heterocycles. The maximum Gasteiger partial charge on any atom is 0.338 e. The molecular weight excluding hydrogens is 262 g/mol. The van der Waals surface area contributed by atoms with Crippen LogP contribution in [0.1, 0.15) is 50.9 Å². The molecule has 1 amide bonds. The number of hydrogen-bond acceptors (Lipinski definition) is 3. The second kappa shape index (κ2) is 6.19. The van der Waals surface area contributed by atoms with Crippen molar-refractivity contribution in [3.63, 3.8) is 0 Å². The third-order valence-corrected chi connectivity index (χ3v) is 3.47. The Kier molecular flexibility index (Phi) is 5.11. The molecule has 1 atom stereocenters. The molecule has 0 saturated heterocycles. The molecule has 0 saturated carbocycles. The minimum absolute atomic E-state index is 0.123. The van der Waals surface area contributed by atoms with Gasteiger partial charge in [0.2, 0.25) is 5.91 Å². The van der Waals surface area contributed by atoms with Gasteiger partial charge in [0.1, 0.15) is 5.00 Å². The Morgan fingerprint density at radius 2 is 2.05 bits per heavy atom. The first kappa shape index (κ1) is 15.7. The molecule has 0 aromatic carbocycles. The fourth-order valence-corrected chi connectivity index (χ4v) is 2.98. The first-order valence-corrected chi connectivity index (χ1v) is 7.17. The van der Waals surface area contributed by atoms with E-state index in [4.69, 9.17) is 5.11 Å². The predicted molar refractivity (Wildman–Crippen MR) is 77.8 cm³/mol. The van der Waals surface area contributed by atoms with Gasteiger partial charge in [-0.3, -0.25) is 4.79 Å². The van der Waals surface area contributed by atoms with E-state index in [0.29, 0.717) is 11.4 Å². The molecule has 0 aliphatic heterocycles. The van der Waals surface area contributed by atoms with Gasteiger partial charge in [0.15, 0.2) is 0 Å². The average Bonchev–Trinajstić information content (AvgIpc) is 2.61. The number of hydrogen-bond donors (Lipinski definition) is 2. The molecule has 0 aliphatic rings. The zero-order valence-electron chi connectivity index (χ0n) is 11.8. The lowest BCUT2D eigenvalue weighted by atomic mass is 9.84. The topological polar surface area (TPSA) is 66.4 Å². The van der Waals surface area contributed by atoms with Gasteiger partial charge in [0.05, 0.1) is 5.56 Å². The SMILES string of the molecule is CC(CC(=O)Nc1sccc1C(=O)O)CC(C)(C)C. The number of aromatic carboxylic acids is 1. The summed E-state index contributed by atoms with van der Waals surface area (Å²) < 4.78 is 0. The van der Waals surface area contributed by atoms with Gasteiger partial charge in [-0.1, -0.05) is 27.7 Å². The summed E-state index contributed by atoms with van der Waals surface area (Å²) >= 11 is 1.23. The van der Waals surface area contributed by atoms with Crippen molar-refractivity contribution in [3.05, 3.63) is 17.0 Å². The molecule has 2 N–H and O–H groups in total. The second-order valence-electron chi connectivity index (χ2n) is 6.09. The summed E-state index contributed by atoms with van der Waals surface area (Å²) in [5, 5.41) is 13.7. The van der Waals surface area contributed by atoms with Crippen LogP contribution in [-0.2, 0) is 4.79 Å². The lowest BCUT2D eigenvalue weighted by Crippen LogP contribution is -2.19. The number of amides is 1. The summed E-state index contributed by atoms with van der Waals surface area (Å²) in [4.78, 5) is 22.8. The molecular formula is C14H21NO3S. The lowest BCUT2D eigenvalue weighted by Gasteiger charge is -2.22. The maximum atomic E-state index is 11.9. The van der Waals surface area contributed by atoms with E-state index in [0.717, 1.165) is 6.42 Å². The summed E-state index contributed by atoms with van der Waals surface area (Å²) in [5.74, 6) is -0.866. The summed E-state index contributed by atoms with van der Waals surface area (Å²) in [5.41, 5.74) is 0.344. The molecule has 0 radical (unpaired) electrons. The molecule has 4 nitrogen and oxygen atoms in total. The molecule has 1 unspecified atom stereocenters. The molecule has 19 heavy (non-hydrogen) atoms. The number of carbonyl (C=O) groups excluding carboxylic acids is 1. The van der Waals surface area contributed by atoms with Gasteiger partial charge in [0.25, 0.3) is 0 Å². The molecule has 0 spiro atoms. The zero-order valence-corrected chi connectivity index (χ0v) is 12.6. The van der Waals surface area contributed by atoms with Gasteiger partial charge in [-0.25, -0.2) is 4.79 Å². The minimum Gasteiger partial charge on any atom is -0.478 e. The Hall–Kier alpha value is -1.36. The first-order chi connectivity index (χ1) is 8.69. The second-order valence-corrected chi connectivity index (χ2v) is 7.01. The fraction of sp³-hybridized carbons (Fsp3) is 0.571. The van der Waals surface area contributed by atoms with Crippen LogP contribution >= 0.6 is 11.3 Å². The van der Waals surface area contributed by atoms with E-state index in [2.05, 4.69) is 26.1 Å². The molecule has 106 valence electrons. The summed E-state index contributed by atoms with van der Waals surface area (Å²) in [6.07, 6.45) is 1.37. The Morgan fingerprint density at radius 1 is 1.42 bits per heavy atom. The normalized spacial score (nSPS) is 13.1. The van der Waals surface area contributed by atoms with E-state index in [-0.39, 0.29) is 22.8 Å². The maximum absolute atomic E-state index is 11.9. The Balaban J connectivity index is 2.56. The van der Waals surface area contributed by atoms with Crippen LogP contribution in [0.2, 0.25) is 0 Å². The highest BCUT2D eigenvalue weighted by atomic mass is 32.1. The van der Waals surface area contributed by atoms with Crippen molar-refractivity contribution in [1.29, 1.82) is 0 Å². The number of carbonyl (C=O) groups is 2. The van der Waals surface area contributed by atoms with Crippen molar-refractivity contribution in [2.24, 2.45) is 11.3 Å². The van der Waals surface area contributed by atoms with E-state index < -0.39 is 5.97 Å². The molecule has 0 fully saturated rings. The third-order valence-electron chi connectivity index (χ3n) is 2.64. The standard InChI is InChI=1S/C14H21NO3S/c1-9(8-14(2,3)4)7-11(16)15-12-10(13(17)18)5-6-19-12/h5-6,9H,7-8H2,1-4H3,(H,15,16)(H,17,18). The zero-order chi connectivity index (χ0) is 14.6. The minimum atomic E-state index is -1.01. The predicted octanol–water partition coefficient (Wildman–Crippen LogP) is 3.85. The summed E-state index contributed by atoms with van der Waals surface area (Å²) in [6, 6.07) is 1.50. The highest BCUT2D eigenvalue weighted by Gasteiger charge is 2.19. The van der Waals surface area contributed by atoms with Crippen LogP contribution in [0.5, 0.6) is 0 Å². The molecule has 1 aromatic rings. The van der Waals surface area contributed by atoms with Crippen molar-refractivity contribution in [2.75, 3.05) is 5.32 Å². The highest BCUT2D eigenvalue weighted by molar-refractivity contribution is 7.14. The van der Waals surface area contributed by atoms with Crippen LogP contribution in [0.4, 0.5) is 5.00 Å². The molecule has 0 aliphatic carbocycles. The van der Waals surface area contributed by atoms with Crippen molar-refractivity contribution < 1.29 is 14.7 Å². The first-order valence-electron chi connectivity index (χ1n) is 6.29. The van der Waals surface area contributed by atoms with E-state index >= 15 is 0 Å². The highest BCUT2D eigenvalue weighted by Crippen LogP contribution is 2.27.